The number of pyridine rings is 2. The summed E-state index contributed by atoms with van der Waals surface area (Å²) in [7, 11) is -0.332. The molecule has 0 radical (unpaired) electrons. The lowest BCUT2D eigenvalue weighted by Crippen LogP contribution is -2.65. The number of hydrogen-bond donors (Lipinski definition) is 0. The Morgan fingerprint density at radius 1 is 1.08 bits per heavy atom. The van der Waals surface area contributed by atoms with Crippen LogP contribution in [0.1, 0.15) is 57.8 Å². The Bertz CT molecular complexity index is 1050. The lowest BCUT2D eigenvalue weighted by atomic mass is 9.43. The zero-order valence-corrected chi connectivity index (χ0v) is 21.7. The molecule has 2 aliphatic heterocycles. The summed E-state index contributed by atoms with van der Waals surface area (Å²) in [5, 5.41) is 0. The molecule has 0 aromatic carbocycles. The van der Waals surface area contributed by atoms with Gasteiger partial charge in [-0.05, 0) is 74.1 Å². The van der Waals surface area contributed by atoms with Crippen LogP contribution in [-0.4, -0.2) is 63.5 Å². The van der Waals surface area contributed by atoms with E-state index in [2.05, 4.69) is 35.6 Å². The second-order valence-electron chi connectivity index (χ2n) is 11.9. The van der Waals surface area contributed by atoms with E-state index in [9.17, 15) is 4.79 Å². The largest absolute Gasteiger partial charge is 0.481 e. The number of carbonyl (C=O) groups excluding carboxylic acids is 1. The van der Waals surface area contributed by atoms with Crippen LogP contribution < -0.4 is 0 Å². The molecule has 7 rings (SSSR count). The molecule has 5 aliphatic rings. The predicted molar refractivity (Wildman–Crippen MR) is 137 cm³/mol. The van der Waals surface area contributed by atoms with Gasteiger partial charge in [0.05, 0.1) is 35.6 Å². The van der Waals surface area contributed by atoms with Crippen LogP contribution in [0.2, 0.25) is 0 Å². The van der Waals surface area contributed by atoms with E-state index >= 15 is 0 Å². The summed E-state index contributed by atoms with van der Waals surface area (Å²) in [5.41, 5.74) is 1.96. The van der Waals surface area contributed by atoms with Crippen LogP contribution in [0.4, 0.5) is 0 Å². The first-order valence-electron chi connectivity index (χ1n) is 13.5. The van der Waals surface area contributed by atoms with Gasteiger partial charge in [0.25, 0.3) is 0 Å². The number of amides is 1. The van der Waals surface area contributed by atoms with Crippen LogP contribution >= 0.6 is 0 Å². The number of rotatable bonds is 7. The quantitative estimate of drug-likeness (QED) is 0.554. The van der Waals surface area contributed by atoms with Gasteiger partial charge in [-0.1, -0.05) is 26.0 Å². The van der Waals surface area contributed by atoms with Crippen molar-refractivity contribution < 1.29 is 14.1 Å². The maximum absolute atomic E-state index is 13.7. The summed E-state index contributed by atoms with van der Waals surface area (Å²) in [4.78, 5) is 26.8. The number of aromatic nitrogens is 2. The minimum Gasteiger partial charge on any atom is -0.404 e. The van der Waals surface area contributed by atoms with Crippen molar-refractivity contribution in [1.29, 1.82) is 0 Å². The van der Waals surface area contributed by atoms with Crippen molar-refractivity contribution in [2.24, 2.45) is 17.3 Å². The van der Waals surface area contributed by atoms with E-state index < -0.39 is 0 Å². The Kier molecular flexibility index (Phi) is 6.17. The maximum atomic E-state index is 13.7. The van der Waals surface area contributed by atoms with E-state index in [0.29, 0.717) is 31.0 Å². The van der Waals surface area contributed by atoms with Crippen molar-refractivity contribution in [3.05, 3.63) is 60.2 Å². The Morgan fingerprint density at radius 3 is 2.39 bits per heavy atom. The van der Waals surface area contributed by atoms with Crippen molar-refractivity contribution in [3.63, 3.8) is 0 Å². The first kappa shape index (κ1) is 24.1. The molecule has 0 N–H and O–H groups in total. The van der Waals surface area contributed by atoms with E-state index in [0.717, 1.165) is 43.1 Å². The van der Waals surface area contributed by atoms with Gasteiger partial charge in [-0.3, -0.25) is 19.7 Å². The molecular formula is C28H37BN4O3. The second kappa shape index (κ2) is 9.23. The molecule has 0 spiro atoms. The predicted octanol–water partition coefficient (Wildman–Crippen LogP) is 3.74. The van der Waals surface area contributed by atoms with Gasteiger partial charge in [-0.25, -0.2) is 0 Å². The number of carbonyl (C=O) groups is 1. The van der Waals surface area contributed by atoms with Crippen LogP contribution in [0.25, 0.3) is 0 Å². The molecule has 5 fully saturated rings. The van der Waals surface area contributed by atoms with Gasteiger partial charge in [0.1, 0.15) is 0 Å². The van der Waals surface area contributed by atoms with Crippen LogP contribution in [0, 0.1) is 17.3 Å². The van der Waals surface area contributed by atoms with Gasteiger partial charge in [0, 0.05) is 32.0 Å². The monoisotopic (exact) mass is 488 g/mol. The molecule has 3 saturated carbocycles. The summed E-state index contributed by atoms with van der Waals surface area (Å²) in [6.45, 7) is 9.27. The smallest absolute Gasteiger partial charge is 0.404 e. The molecule has 5 unspecified atom stereocenters. The summed E-state index contributed by atoms with van der Waals surface area (Å²) in [6, 6.07) is 11.8. The minimum atomic E-state index is -0.332. The molecule has 5 atom stereocenters. The summed E-state index contributed by atoms with van der Waals surface area (Å²) in [6.07, 6.45) is 7.95. The maximum Gasteiger partial charge on any atom is 0.481 e. The molecule has 2 aromatic heterocycles. The van der Waals surface area contributed by atoms with Crippen molar-refractivity contribution in [2.45, 2.75) is 77.2 Å². The Hall–Kier alpha value is -2.29. The van der Waals surface area contributed by atoms with Gasteiger partial charge in [-0.2, -0.15) is 0 Å². The van der Waals surface area contributed by atoms with E-state index in [1.807, 2.05) is 41.3 Å². The summed E-state index contributed by atoms with van der Waals surface area (Å²) >= 11 is 0. The molecule has 2 bridgehead atoms. The Morgan fingerprint density at radius 2 is 1.78 bits per heavy atom. The summed E-state index contributed by atoms with van der Waals surface area (Å²) < 4.78 is 13.3. The highest BCUT2D eigenvalue weighted by molar-refractivity contribution is 6.48. The molecule has 2 saturated heterocycles. The van der Waals surface area contributed by atoms with Crippen LogP contribution in [0.3, 0.4) is 0 Å². The molecule has 4 heterocycles. The topological polar surface area (TPSA) is 67.8 Å². The van der Waals surface area contributed by atoms with Crippen LogP contribution in [-0.2, 0) is 27.2 Å². The standard InChI is InChI=1S/C28H37BN4O3/c1-27(2)20-15-23(27)28(3)24(16-20)35-29(36-28)25-11-8-14-33(25)26(34)19-32(17-21-9-4-6-12-30-21)18-22-10-5-7-13-31-22/h4-7,9-10,12-13,20,23-25H,8,11,14-19H2,1-3H3. The van der Waals surface area contributed by atoms with E-state index in [-0.39, 0.29) is 30.7 Å². The molecule has 3 aliphatic carbocycles. The fourth-order valence-corrected chi connectivity index (χ4v) is 7.34. The molecule has 8 heteroatoms. The third-order valence-corrected chi connectivity index (χ3v) is 9.48. The van der Waals surface area contributed by atoms with Gasteiger partial charge in [0.15, 0.2) is 0 Å². The average molecular weight is 488 g/mol. The lowest BCUT2D eigenvalue weighted by molar-refractivity contribution is -0.199. The molecule has 36 heavy (non-hydrogen) atoms. The first-order chi connectivity index (χ1) is 17.3. The second-order valence-corrected chi connectivity index (χ2v) is 11.9. The van der Waals surface area contributed by atoms with E-state index in [4.69, 9.17) is 9.31 Å². The SMILES string of the molecule is CC1(C)C2CC3OB(C4CCCN4C(=O)CN(Cc4ccccn4)Cc4ccccn4)OC3(C)C1C2. The number of nitrogens with zero attached hydrogens (tertiary/aromatic N) is 4. The number of hydrogen-bond acceptors (Lipinski definition) is 6. The zero-order valence-electron chi connectivity index (χ0n) is 21.7. The number of likely N-dealkylation sites (tertiary alicyclic amines) is 1. The Labute approximate surface area is 214 Å². The van der Waals surface area contributed by atoms with E-state index in [1.54, 1.807) is 12.4 Å². The first-order valence-corrected chi connectivity index (χ1v) is 13.5. The van der Waals surface area contributed by atoms with Crippen LogP contribution in [0.15, 0.2) is 48.8 Å². The minimum absolute atomic E-state index is 0.0215. The average Bonchev–Trinajstić information content (AvgIpc) is 3.49. The highest BCUT2D eigenvalue weighted by Gasteiger charge is 2.69. The molecule has 190 valence electrons. The molecule has 1 amide bonds. The van der Waals surface area contributed by atoms with Crippen molar-refractivity contribution in [1.82, 2.24) is 19.8 Å². The van der Waals surface area contributed by atoms with Gasteiger partial charge >= 0.3 is 7.12 Å². The van der Waals surface area contributed by atoms with Crippen molar-refractivity contribution >= 4 is 13.0 Å². The third kappa shape index (κ3) is 4.17. The fraction of sp³-hybridized carbons (Fsp3) is 0.607. The van der Waals surface area contributed by atoms with Gasteiger partial charge < -0.3 is 14.2 Å². The lowest BCUT2D eigenvalue weighted by Gasteiger charge is -2.64. The van der Waals surface area contributed by atoms with Crippen LogP contribution in [0.5, 0.6) is 0 Å². The summed E-state index contributed by atoms with van der Waals surface area (Å²) in [5.74, 6) is 1.35. The van der Waals surface area contributed by atoms with Gasteiger partial charge in [0.2, 0.25) is 5.91 Å². The molecule has 2 aromatic rings. The Balaban J connectivity index is 1.16. The third-order valence-electron chi connectivity index (χ3n) is 9.48. The van der Waals surface area contributed by atoms with Crippen molar-refractivity contribution in [2.75, 3.05) is 13.1 Å². The van der Waals surface area contributed by atoms with E-state index in [1.165, 1.54) is 6.42 Å². The molecular weight excluding hydrogens is 451 g/mol. The highest BCUT2D eigenvalue weighted by atomic mass is 16.7. The molecule has 7 nitrogen and oxygen atoms in total. The normalized spacial score (nSPS) is 32.4. The van der Waals surface area contributed by atoms with Gasteiger partial charge in [-0.15, -0.1) is 0 Å². The fourth-order valence-electron chi connectivity index (χ4n) is 7.34. The highest BCUT2D eigenvalue weighted by Crippen LogP contribution is 2.65. The zero-order chi connectivity index (χ0) is 24.9. The van der Waals surface area contributed by atoms with Crippen molar-refractivity contribution in [3.8, 4) is 0 Å².